The normalized spacial score (nSPS) is 10.2. The lowest BCUT2D eigenvalue weighted by molar-refractivity contribution is 0.102. The number of hydrogen-bond donors (Lipinski definition) is 1. The number of nitrogens with zero attached hydrogens (tertiary/aromatic N) is 1. The molecule has 0 saturated carbocycles. The average Bonchev–Trinajstić information content (AvgIpc) is 2.32. The van der Waals surface area contributed by atoms with Crippen LogP contribution in [0.2, 0.25) is 5.02 Å². The Kier molecular flexibility index (Phi) is 3.99. The highest BCUT2D eigenvalue weighted by molar-refractivity contribution is 9.10. The van der Waals surface area contributed by atoms with Crippen LogP contribution >= 0.6 is 27.5 Å². The van der Waals surface area contributed by atoms with Crippen molar-refractivity contribution >= 4 is 39.3 Å². The Bertz CT molecular complexity index is 601. The van der Waals surface area contributed by atoms with E-state index in [4.69, 9.17) is 11.6 Å². The number of nitrogens with one attached hydrogen (secondary N) is 1. The predicted octanol–water partition coefficient (Wildman–Crippen LogP) is 4.06. The molecular weight excluding hydrogens is 316 g/mol. The van der Waals surface area contributed by atoms with E-state index in [0.717, 1.165) is 10.0 Å². The van der Waals surface area contributed by atoms with Crippen molar-refractivity contribution in [2.75, 3.05) is 5.32 Å². The third kappa shape index (κ3) is 3.09. The van der Waals surface area contributed by atoms with Gasteiger partial charge in [0.2, 0.25) is 0 Å². The molecule has 3 nitrogen and oxygen atoms in total. The second kappa shape index (κ2) is 5.50. The summed E-state index contributed by atoms with van der Waals surface area (Å²) in [6.07, 6.45) is 1.65. The van der Waals surface area contributed by atoms with Crippen LogP contribution in [0, 0.1) is 6.92 Å². The SMILES string of the molecule is Cc1ccnc(NC(=O)c2ccc(Br)c(Cl)c2)c1. The second-order valence-electron chi connectivity index (χ2n) is 3.80. The fourth-order valence-electron chi connectivity index (χ4n) is 1.43. The first-order valence-electron chi connectivity index (χ1n) is 5.25. The number of carbonyl (C=O) groups is 1. The Hall–Kier alpha value is -1.39. The smallest absolute Gasteiger partial charge is 0.256 e. The van der Waals surface area contributed by atoms with E-state index in [9.17, 15) is 4.79 Å². The van der Waals surface area contributed by atoms with Crippen LogP contribution in [-0.4, -0.2) is 10.9 Å². The van der Waals surface area contributed by atoms with Crippen molar-refractivity contribution in [1.82, 2.24) is 4.98 Å². The fraction of sp³-hybridized carbons (Fsp3) is 0.0769. The third-order valence-corrected chi connectivity index (χ3v) is 3.57. The number of amides is 1. The van der Waals surface area contributed by atoms with Gasteiger partial charge in [0, 0.05) is 16.2 Å². The molecule has 0 aliphatic carbocycles. The predicted molar refractivity (Wildman–Crippen MR) is 76.1 cm³/mol. The van der Waals surface area contributed by atoms with E-state index in [1.807, 2.05) is 13.0 Å². The molecule has 0 unspecified atom stereocenters. The maximum atomic E-state index is 12.0. The molecule has 18 heavy (non-hydrogen) atoms. The lowest BCUT2D eigenvalue weighted by atomic mass is 10.2. The Morgan fingerprint density at radius 3 is 2.78 bits per heavy atom. The molecule has 2 aromatic rings. The van der Waals surface area contributed by atoms with Gasteiger partial charge in [0.25, 0.3) is 5.91 Å². The highest BCUT2D eigenvalue weighted by atomic mass is 79.9. The summed E-state index contributed by atoms with van der Waals surface area (Å²) in [4.78, 5) is 16.0. The molecule has 92 valence electrons. The van der Waals surface area contributed by atoms with Crippen molar-refractivity contribution in [2.45, 2.75) is 6.92 Å². The van der Waals surface area contributed by atoms with Crippen molar-refractivity contribution in [3.05, 3.63) is 57.2 Å². The number of rotatable bonds is 2. The van der Waals surface area contributed by atoms with Crippen LogP contribution in [0.5, 0.6) is 0 Å². The number of carbonyl (C=O) groups excluding carboxylic acids is 1. The molecule has 0 bridgehead atoms. The highest BCUT2D eigenvalue weighted by Gasteiger charge is 2.08. The van der Waals surface area contributed by atoms with E-state index in [1.165, 1.54) is 0 Å². The molecule has 0 saturated heterocycles. The average molecular weight is 326 g/mol. The largest absolute Gasteiger partial charge is 0.307 e. The van der Waals surface area contributed by atoms with E-state index in [-0.39, 0.29) is 5.91 Å². The van der Waals surface area contributed by atoms with Gasteiger partial charge in [-0.25, -0.2) is 4.98 Å². The van der Waals surface area contributed by atoms with Crippen LogP contribution < -0.4 is 5.32 Å². The number of halogens is 2. The van der Waals surface area contributed by atoms with Gasteiger partial charge in [-0.3, -0.25) is 4.79 Å². The lowest BCUT2D eigenvalue weighted by Gasteiger charge is -2.06. The molecule has 1 amide bonds. The molecule has 0 spiro atoms. The number of aromatic nitrogens is 1. The zero-order valence-electron chi connectivity index (χ0n) is 9.58. The molecule has 1 heterocycles. The lowest BCUT2D eigenvalue weighted by Crippen LogP contribution is -2.12. The van der Waals surface area contributed by atoms with E-state index in [1.54, 1.807) is 30.5 Å². The summed E-state index contributed by atoms with van der Waals surface area (Å²) in [5.41, 5.74) is 1.53. The van der Waals surface area contributed by atoms with E-state index in [2.05, 4.69) is 26.2 Å². The van der Waals surface area contributed by atoms with Crippen molar-refractivity contribution in [3.8, 4) is 0 Å². The van der Waals surface area contributed by atoms with Crippen molar-refractivity contribution < 1.29 is 4.79 Å². The summed E-state index contributed by atoms with van der Waals surface area (Å²) < 4.78 is 0.759. The summed E-state index contributed by atoms with van der Waals surface area (Å²) in [5.74, 6) is 0.293. The van der Waals surface area contributed by atoms with E-state index >= 15 is 0 Å². The summed E-state index contributed by atoms with van der Waals surface area (Å²) in [6, 6.07) is 8.71. The van der Waals surface area contributed by atoms with Crippen LogP contribution in [0.3, 0.4) is 0 Å². The number of pyridine rings is 1. The molecule has 0 aliphatic rings. The monoisotopic (exact) mass is 324 g/mol. The van der Waals surface area contributed by atoms with E-state index < -0.39 is 0 Å². The van der Waals surface area contributed by atoms with Crippen molar-refractivity contribution in [2.24, 2.45) is 0 Å². The van der Waals surface area contributed by atoms with Gasteiger partial charge in [-0.1, -0.05) is 11.6 Å². The molecule has 1 N–H and O–H groups in total. The summed E-state index contributed by atoms with van der Waals surface area (Å²) >= 11 is 9.22. The number of benzene rings is 1. The topological polar surface area (TPSA) is 42.0 Å². The first-order chi connectivity index (χ1) is 8.56. The maximum Gasteiger partial charge on any atom is 0.256 e. The number of hydrogen-bond acceptors (Lipinski definition) is 2. The minimum absolute atomic E-state index is 0.234. The zero-order chi connectivity index (χ0) is 13.1. The molecule has 0 atom stereocenters. The molecule has 0 radical (unpaired) electrons. The molecular formula is C13H10BrClN2O. The van der Waals surface area contributed by atoms with Crippen molar-refractivity contribution in [1.29, 1.82) is 0 Å². The fourth-order valence-corrected chi connectivity index (χ4v) is 1.86. The maximum absolute atomic E-state index is 12.0. The van der Waals surface area contributed by atoms with Gasteiger partial charge >= 0.3 is 0 Å². The second-order valence-corrected chi connectivity index (χ2v) is 5.06. The molecule has 1 aromatic heterocycles. The Labute approximate surface area is 118 Å². The van der Waals surface area contributed by atoms with Crippen LogP contribution in [-0.2, 0) is 0 Å². The quantitative estimate of drug-likeness (QED) is 0.905. The Morgan fingerprint density at radius 1 is 1.33 bits per heavy atom. The number of anilines is 1. The Balaban J connectivity index is 2.19. The third-order valence-electron chi connectivity index (χ3n) is 2.34. The first kappa shape index (κ1) is 13.1. The van der Waals surface area contributed by atoms with Gasteiger partial charge in [0.15, 0.2) is 0 Å². The van der Waals surface area contributed by atoms with Crippen LogP contribution in [0.15, 0.2) is 41.0 Å². The number of aryl methyl sites for hydroxylation is 1. The van der Waals surface area contributed by atoms with Gasteiger partial charge in [-0.2, -0.15) is 0 Å². The summed E-state index contributed by atoms with van der Waals surface area (Å²) in [7, 11) is 0. The minimum Gasteiger partial charge on any atom is -0.307 e. The molecule has 2 rings (SSSR count). The van der Waals surface area contributed by atoms with Gasteiger partial charge < -0.3 is 5.32 Å². The van der Waals surface area contributed by atoms with Crippen LogP contribution in [0.25, 0.3) is 0 Å². The zero-order valence-corrected chi connectivity index (χ0v) is 11.9. The summed E-state index contributed by atoms with van der Waals surface area (Å²) in [6.45, 7) is 1.94. The van der Waals surface area contributed by atoms with E-state index in [0.29, 0.717) is 16.4 Å². The summed E-state index contributed by atoms with van der Waals surface area (Å²) in [5, 5.41) is 3.22. The molecule has 0 aliphatic heterocycles. The van der Waals surface area contributed by atoms with Crippen LogP contribution in [0.1, 0.15) is 15.9 Å². The van der Waals surface area contributed by atoms with Gasteiger partial charge in [0.1, 0.15) is 5.82 Å². The highest BCUT2D eigenvalue weighted by Crippen LogP contribution is 2.23. The first-order valence-corrected chi connectivity index (χ1v) is 6.42. The van der Waals surface area contributed by atoms with Gasteiger partial charge in [-0.15, -0.1) is 0 Å². The van der Waals surface area contributed by atoms with Gasteiger partial charge in [0.05, 0.1) is 5.02 Å². The Morgan fingerprint density at radius 2 is 2.11 bits per heavy atom. The molecule has 1 aromatic carbocycles. The standard InChI is InChI=1S/C13H10BrClN2O/c1-8-4-5-16-12(6-8)17-13(18)9-2-3-10(14)11(15)7-9/h2-7H,1H3,(H,16,17,18). The minimum atomic E-state index is -0.234. The van der Waals surface area contributed by atoms with Gasteiger partial charge in [-0.05, 0) is 58.7 Å². The molecule has 5 heteroatoms. The van der Waals surface area contributed by atoms with Crippen LogP contribution in [0.4, 0.5) is 5.82 Å². The molecule has 0 fully saturated rings. The van der Waals surface area contributed by atoms with Crippen molar-refractivity contribution in [3.63, 3.8) is 0 Å².